The zero-order chi connectivity index (χ0) is 10.1. The van der Waals surface area contributed by atoms with Gasteiger partial charge in [-0.1, -0.05) is 0 Å². The van der Waals surface area contributed by atoms with Crippen molar-refractivity contribution in [3.8, 4) is 11.3 Å². The summed E-state index contributed by atoms with van der Waals surface area (Å²) in [7, 11) is 0. The fourth-order valence-corrected chi connectivity index (χ4v) is 2.27. The average molecular weight is 403 g/mol. The molecule has 0 bridgehead atoms. The summed E-state index contributed by atoms with van der Waals surface area (Å²) in [4.78, 5) is 4.12. The molecule has 0 aliphatic carbocycles. The van der Waals surface area contributed by atoms with Gasteiger partial charge in [0, 0.05) is 42.9 Å². The van der Waals surface area contributed by atoms with Crippen LogP contribution in [0.25, 0.3) is 21.3 Å². The van der Waals surface area contributed by atoms with Crippen molar-refractivity contribution in [2.24, 2.45) is 0 Å². The van der Waals surface area contributed by atoms with Crippen LogP contribution in [0.5, 0.6) is 0 Å². The van der Waals surface area contributed by atoms with Gasteiger partial charge in [-0.3, -0.25) is 4.98 Å². The van der Waals surface area contributed by atoms with Gasteiger partial charge < -0.3 is 0 Å². The molecule has 0 fully saturated rings. The summed E-state index contributed by atoms with van der Waals surface area (Å²) >= 11 is 1.50. The van der Waals surface area contributed by atoms with Gasteiger partial charge in [0.1, 0.15) is 0 Å². The van der Waals surface area contributed by atoms with E-state index in [-0.39, 0.29) is 20.1 Å². The van der Waals surface area contributed by atoms with Gasteiger partial charge in [-0.2, -0.15) is 0 Å². The smallest absolute Gasteiger partial charge is 0.0485 e. The van der Waals surface area contributed by atoms with Crippen LogP contribution in [-0.2, 0) is 20.1 Å². The van der Waals surface area contributed by atoms with E-state index in [1.54, 1.807) is 6.20 Å². The molecule has 3 aromatic rings. The molecule has 0 spiro atoms. The van der Waals surface area contributed by atoms with Crippen LogP contribution in [-0.4, -0.2) is 9.36 Å². The standard InChI is InChI=1S/C12H7N2S.Ir/c1-2-4-9(5-3-1)12-10-8-13-7-6-11(10)15-14-12;/h1-4,6-8H;/q-1;. The fourth-order valence-electron chi connectivity index (χ4n) is 1.52. The number of benzene rings is 1. The van der Waals surface area contributed by atoms with E-state index in [0.717, 1.165) is 21.3 Å². The Morgan fingerprint density at radius 1 is 1.19 bits per heavy atom. The largest absolute Gasteiger partial charge is 0.265 e. The van der Waals surface area contributed by atoms with Crippen molar-refractivity contribution < 1.29 is 20.1 Å². The predicted octanol–water partition coefficient (Wildman–Crippen LogP) is 3.16. The van der Waals surface area contributed by atoms with Crippen molar-refractivity contribution in [1.82, 2.24) is 9.36 Å². The number of hydrogen-bond donors (Lipinski definition) is 0. The molecule has 2 heterocycles. The molecule has 0 atom stereocenters. The Morgan fingerprint density at radius 3 is 2.94 bits per heavy atom. The van der Waals surface area contributed by atoms with Crippen molar-refractivity contribution in [2.75, 3.05) is 0 Å². The molecule has 0 saturated heterocycles. The van der Waals surface area contributed by atoms with E-state index in [4.69, 9.17) is 0 Å². The second-order valence-corrected chi connectivity index (χ2v) is 3.98. The van der Waals surface area contributed by atoms with Crippen molar-refractivity contribution in [1.29, 1.82) is 0 Å². The maximum absolute atomic E-state index is 4.44. The molecule has 16 heavy (non-hydrogen) atoms. The van der Waals surface area contributed by atoms with Crippen molar-refractivity contribution in [3.05, 3.63) is 48.8 Å². The first-order chi connectivity index (χ1) is 7.45. The van der Waals surface area contributed by atoms with Crippen molar-refractivity contribution >= 4 is 21.6 Å². The van der Waals surface area contributed by atoms with Gasteiger partial charge in [-0.05, 0) is 23.0 Å². The molecule has 81 valence electrons. The Bertz CT molecular complexity index is 592. The molecule has 0 saturated carbocycles. The van der Waals surface area contributed by atoms with Crippen LogP contribution in [0.15, 0.2) is 42.7 Å². The van der Waals surface area contributed by atoms with Crippen molar-refractivity contribution in [3.63, 3.8) is 0 Å². The molecule has 0 amide bonds. The SMILES string of the molecule is [Ir].[c-]1ccccc1-c1nsc2ccncc12. The monoisotopic (exact) mass is 404 g/mol. The molecule has 0 N–H and O–H groups in total. The van der Waals surface area contributed by atoms with Crippen LogP contribution in [0.2, 0.25) is 0 Å². The van der Waals surface area contributed by atoms with Gasteiger partial charge in [-0.25, -0.2) is 4.37 Å². The molecule has 0 unspecified atom stereocenters. The number of fused-ring (bicyclic) bond motifs is 1. The number of pyridine rings is 1. The Balaban J connectivity index is 0.000000963. The van der Waals surface area contributed by atoms with Crippen LogP contribution in [0.1, 0.15) is 0 Å². The van der Waals surface area contributed by atoms with Gasteiger partial charge >= 0.3 is 0 Å². The van der Waals surface area contributed by atoms with E-state index in [0.29, 0.717) is 0 Å². The third-order valence-electron chi connectivity index (χ3n) is 2.24. The molecule has 2 nitrogen and oxygen atoms in total. The van der Waals surface area contributed by atoms with Crippen LogP contribution < -0.4 is 0 Å². The first kappa shape index (κ1) is 11.4. The summed E-state index contributed by atoms with van der Waals surface area (Å²) in [5.74, 6) is 0. The molecule has 0 aliphatic heterocycles. The summed E-state index contributed by atoms with van der Waals surface area (Å²) in [6, 6.07) is 13.0. The molecule has 4 heteroatoms. The molecule has 3 rings (SSSR count). The van der Waals surface area contributed by atoms with E-state index in [2.05, 4.69) is 15.4 Å². The Morgan fingerprint density at radius 2 is 2.12 bits per heavy atom. The van der Waals surface area contributed by atoms with E-state index >= 15 is 0 Å². The third kappa shape index (κ3) is 1.92. The predicted molar refractivity (Wildman–Crippen MR) is 61.7 cm³/mol. The second-order valence-electron chi connectivity index (χ2n) is 3.18. The summed E-state index contributed by atoms with van der Waals surface area (Å²) < 4.78 is 5.60. The van der Waals surface area contributed by atoms with E-state index in [1.165, 1.54) is 11.5 Å². The molecule has 1 aromatic carbocycles. The van der Waals surface area contributed by atoms with Gasteiger partial charge in [-0.15, -0.1) is 35.9 Å². The summed E-state index contributed by atoms with van der Waals surface area (Å²) in [5, 5.41) is 1.10. The minimum Gasteiger partial charge on any atom is -0.265 e. The number of hydrogen-bond acceptors (Lipinski definition) is 3. The topological polar surface area (TPSA) is 25.8 Å². The maximum atomic E-state index is 4.44. The van der Waals surface area contributed by atoms with Gasteiger partial charge in [0.15, 0.2) is 0 Å². The molecule has 2 aromatic heterocycles. The van der Waals surface area contributed by atoms with Crippen LogP contribution in [0.4, 0.5) is 0 Å². The summed E-state index contributed by atoms with van der Waals surface area (Å²) in [5.41, 5.74) is 2.00. The fraction of sp³-hybridized carbons (Fsp3) is 0. The zero-order valence-electron chi connectivity index (χ0n) is 8.18. The first-order valence-corrected chi connectivity index (χ1v) is 5.39. The number of nitrogens with zero attached hydrogens (tertiary/aromatic N) is 2. The zero-order valence-corrected chi connectivity index (χ0v) is 11.4. The van der Waals surface area contributed by atoms with Crippen LogP contribution >= 0.6 is 11.5 Å². The minimum atomic E-state index is 0. The number of rotatable bonds is 1. The van der Waals surface area contributed by atoms with Crippen LogP contribution in [0.3, 0.4) is 0 Å². The minimum absolute atomic E-state index is 0. The van der Waals surface area contributed by atoms with Gasteiger partial charge in [0.25, 0.3) is 0 Å². The Kier molecular flexibility index (Phi) is 3.44. The van der Waals surface area contributed by atoms with Gasteiger partial charge in [0.2, 0.25) is 0 Å². The second kappa shape index (κ2) is 4.83. The Hall–Kier alpha value is -1.09. The molecule has 0 aliphatic rings. The van der Waals surface area contributed by atoms with E-state index in [1.807, 2.05) is 36.5 Å². The quantitative estimate of drug-likeness (QED) is 0.584. The van der Waals surface area contributed by atoms with Gasteiger partial charge in [0.05, 0.1) is 0 Å². The van der Waals surface area contributed by atoms with Crippen molar-refractivity contribution in [2.45, 2.75) is 0 Å². The molecule has 1 radical (unpaired) electrons. The van der Waals surface area contributed by atoms with E-state index < -0.39 is 0 Å². The summed E-state index contributed by atoms with van der Waals surface area (Å²) in [6.07, 6.45) is 3.65. The first-order valence-electron chi connectivity index (χ1n) is 4.61. The maximum Gasteiger partial charge on any atom is 0.0485 e. The summed E-state index contributed by atoms with van der Waals surface area (Å²) in [6.45, 7) is 0. The van der Waals surface area contributed by atoms with E-state index in [9.17, 15) is 0 Å². The number of aromatic nitrogens is 2. The normalized spacial score (nSPS) is 10.0. The average Bonchev–Trinajstić information content (AvgIpc) is 2.74. The van der Waals surface area contributed by atoms with Crippen LogP contribution in [0, 0.1) is 6.07 Å². The Labute approximate surface area is 111 Å². The molecular formula is C12H7IrN2S-. The molecular weight excluding hydrogens is 396 g/mol. The third-order valence-corrected chi connectivity index (χ3v) is 3.06.